The molecule has 0 atom stereocenters. The van der Waals surface area contributed by atoms with E-state index in [4.69, 9.17) is 0 Å². The highest BCUT2D eigenvalue weighted by Gasteiger charge is 2.12. The van der Waals surface area contributed by atoms with E-state index >= 15 is 0 Å². The van der Waals surface area contributed by atoms with Crippen LogP contribution >= 0.6 is 0 Å². The lowest BCUT2D eigenvalue weighted by molar-refractivity contribution is 0.886. The van der Waals surface area contributed by atoms with Gasteiger partial charge in [0, 0.05) is 19.8 Å². The number of nitrogens with zero attached hydrogens (tertiary/aromatic N) is 3. The Hall–Kier alpha value is -2.34. The van der Waals surface area contributed by atoms with Gasteiger partial charge in [0.15, 0.2) is 0 Å². The van der Waals surface area contributed by atoms with E-state index in [1.54, 1.807) is 6.20 Å². The number of pyridine rings is 1. The second kappa shape index (κ2) is 5.53. The summed E-state index contributed by atoms with van der Waals surface area (Å²) in [6.07, 6.45) is 1.75. The van der Waals surface area contributed by atoms with Gasteiger partial charge in [-0.3, -0.25) is 0 Å². The average molecular weight is 251 g/mol. The van der Waals surface area contributed by atoms with E-state index in [1.165, 1.54) is 11.1 Å². The summed E-state index contributed by atoms with van der Waals surface area (Å²) in [5, 5.41) is 9.25. The fourth-order valence-corrected chi connectivity index (χ4v) is 2.09. The highest BCUT2D eigenvalue weighted by atomic mass is 15.2. The first-order chi connectivity index (χ1) is 9.13. The van der Waals surface area contributed by atoms with Crippen LogP contribution in [0.1, 0.15) is 22.3 Å². The van der Waals surface area contributed by atoms with Crippen molar-refractivity contribution in [2.24, 2.45) is 0 Å². The number of aromatic nitrogens is 1. The summed E-state index contributed by atoms with van der Waals surface area (Å²) in [7, 11) is 1.97. The third-order valence-corrected chi connectivity index (χ3v) is 3.28. The number of aryl methyl sites for hydroxylation is 2. The first-order valence-electron chi connectivity index (χ1n) is 6.25. The third-order valence-electron chi connectivity index (χ3n) is 3.28. The zero-order chi connectivity index (χ0) is 13.8. The second-order valence-electron chi connectivity index (χ2n) is 4.72. The highest BCUT2D eigenvalue weighted by molar-refractivity contribution is 5.57. The molecule has 0 aliphatic rings. The van der Waals surface area contributed by atoms with Crippen LogP contribution in [0.5, 0.6) is 0 Å². The van der Waals surface area contributed by atoms with Gasteiger partial charge in [-0.05, 0) is 36.6 Å². The smallest absolute Gasteiger partial charge is 0.146 e. The molecule has 0 fully saturated rings. The Morgan fingerprint density at radius 3 is 2.58 bits per heavy atom. The summed E-state index contributed by atoms with van der Waals surface area (Å²) in [6.45, 7) is 4.78. The molecule has 2 aromatic rings. The normalized spacial score (nSPS) is 10.0. The zero-order valence-electron chi connectivity index (χ0n) is 11.5. The molecular weight excluding hydrogens is 234 g/mol. The summed E-state index contributed by atoms with van der Waals surface area (Å²) >= 11 is 0. The molecule has 0 unspecified atom stereocenters. The Labute approximate surface area is 114 Å². The predicted molar refractivity (Wildman–Crippen MR) is 77.0 cm³/mol. The SMILES string of the molecule is Cc1ccccc1CN(C)c1nccc(C)c1C#N. The van der Waals surface area contributed by atoms with Crippen molar-refractivity contribution in [2.45, 2.75) is 20.4 Å². The van der Waals surface area contributed by atoms with Crippen LogP contribution in [-0.2, 0) is 6.54 Å². The lowest BCUT2D eigenvalue weighted by atomic mass is 10.1. The number of rotatable bonds is 3. The molecule has 2 rings (SSSR count). The van der Waals surface area contributed by atoms with Gasteiger partial charge in [0.25, 0.3) is 0 Å². The molecule has 3 heteroatoms. The molecule has 1 aromatic carbocycles. The summed E-state index contributed by atoms with van der Waals surface area (Å²) in [4.78, 5) is 6.36. The van der Waals surface area contributed by atoms with E-state index < -0.39 is 0 Å². The third kappa shape index (κ3) is 2.74. The van der Waals surface area contributed by atoms with Gasteiger partial charge in [0.1, 0.15) is 11.9 Å². The number of hydrogen-bond donors (Lipinski definition) is 0. The molecule has 0 bridgehead atoms. The van der Waals surface area contributed by atoms with Gasteiger partial charge in [-0.2, -0.15) is 5.26 Å². The number of hydrogen-bond acceptors (Lipinski definition) is 3. The molecule has 0 aliphatic carbocycles. The molecule has 1 aromatic heterocycles. The fourth-order valence-electron chi connectivity index (χ4n) is 2.09. The standard InChI is InChI=1S/C16H17N3/c1-12-6-4-5-7-14(12)11-19(3)16-15(10-17)13(2)8-9-18-16/h4-9H,11H2,1-3H3. The Bertz CT molecular complexity index is 626. The monoisotopic (exact) mass is 251 g/mol. The lowest BCUT2D eigenvalue weighted by Gasteiger charge is -2.21. The summed E-state index contributed by atoms with van der Waals surface area (Å²) in [5.41, 5.74) is 4.11. The second-order valence-corrected chi connectivity index (χ2v) is 4.72. The Balaban J connectivity index is 2.31. The Morgan fingerprint density at radius 1 is 1.16 bits per heavy atom. The molecule has 0 spiro atoms. The van der Waals surface area contributed by atoms with Crippen LogP contribution in [-0.4, -0.2) is 12.0 Å². The van der Waals surface area contributed by atoms with Crippen molar-refractivity contribution in [3.63, 3.8) is 0 Å². The van der Waals surface area contributed by atoms with Gasteiger partial charge in [0.05, 0.1) is 5.56 Å². The van der Waals surface area contributed by atoms with Crippen LogP contribution < -0.4 is 4.90 Å². The molecule has 3 nitrogen and oxygen atoms in total. The van der Waals surface area contributed by atoms with E-state index in [2.05, 4.69) is 30.1 Å². The van der Waals surface area contributed by atoms with Crippen LogP contribution in [0.3, 0.4) is 0 Å². The molecule has 0 saturated carbocycles. The summed E-state index contributed by atoms with van der Waals surface area (Å²) in [6, 6.07) is 12.4. The first-order valence-corrected chi connectivity index (χ1v) is 6.25. The van der Waals surface area contributed by atoms with Crippen molar-refractivity contribution in [3.05, 3.63) is 58.8 Å². The van der Waals surface area contributed by atoms with Crippen molar-refractivity contribution in [1.29, 1.82) is 5.26 Å². The number of benzene rings is 1. The fraction of sp³-hybridized carbons (Fsp3) is 0.250. The number of anilines is 1. The minimum absolute atomic E-state index is 0.651. The molecule has 0 N–H and O–H groups in total. The highest BCUT2D eigenvalue weighted by Crippen LogP contribution is 2.21. The predicted octanol–water partition coefficient (Wildman–Crippen LogP) is 3.21. The molecule has 96 valence electrons. The maximum absolute atomic E-state index is 9.25. The van der Waals surface area contributed by atoms with Crippen molar-refractivity contribution in [1.82, 2.24) is 4.98 Å². The van der Waals surface area contributed by atoms with Gasteiger partial charge >= 0.3 is 0 Å². The van der Waals surface area contributed by atoms with E-state index in [0.717, 1.165) is 17.9 Å². The minimum Gasteiger partial charge on any atom is -0.354 e. The van der Waals surface area contributed by atoms with Crippen LogP contribution in [0, 0.1) is 25.2 Å². The van der Waals surface area contributed by atoms with Gasteiger partial charge in [-0.1, -0.05) is 24.3 Å². The Kier molecular flexibility index (Phi) is 3.82. The average Bonchev–Trinajstić information content (AvgIpc) is 2.41. The minimum atomic E-state index is 0.651. The van der Waals surface area contributed by atoms with Gasteiger partial charge in [-0.25, -0.2) is 4.98 Å². The van der Waals surface area contributed by atoms with Crippen LogP contribution in [0.25, 0.3) is 0 Å². The number of nitriles is 1. The molecule has 1 heterocycles. The quantitative estimate of drug-likeness (QED) is 0.841. The van der Waals surface area contributed by atoms with Gasteiger partial charge in [0.2, 0.25) is 0 Å². The molecule has 19 heavy (non-hydrogen) atoms. The molecule has 0 amide bonds. The maximum atomic E-state index is 9.25. The molecule has 0 radical (unpaired) electrons. The first kappa shape index (κ1) is 13.1. The van der Waals surface area contributed by atoms with Crippen LogP contribution in [0.2, 0.25) is 0 Å². The van der Waals surface area contributed by atoms with Crippen molar-refractivity contribution >= 4 is 5.82 Å². The topological polar surface area (TPSA) is 39.9 Å². The van der Waals surface area contributed by atoms with Crippen LogP contribution in [0.4, 0.5) is 5.82 Å². The summed E-state index contributed by atoms with van der Waals surface area (Å²) < 4.78 is 0. The van der Waals surface area contributed by atoms with E-state index in [9.17, 15) is 5.26 Å². The van der Waals surface area contributed by atoms with Crippen molar-refractivity contribution in [2.75, 3.05) is 11.9 Å². The maximum Gasteiger partial charge on any atom is 0.146 e. The van der Waals surface area contributed by atoms with Crippen LogP contribution in [0.15, 0.2) is 36.5 Å². The van der Waals surface area contributed by atoms with Gasteiger partial charge < -0.3 is 4.90 Å². The summed E-state index contributed by atoms with van der Waals surface area (Å²) in [5.74, 6) is 0.741. The van der Waals surface area contributed by atoms with E-state index in [-0.39, 0.29) is 0 Å². The van der Waals surface area contributed by atoms with Crippen molar-refractivity contribution < 1.29 is 0 Å². The van der Waals surface area contributed by atoms with Gasteiger partial charge in [-0.15, -0.1) is 0 Å². The van der Waals surface area contributed by atoms with E-state index in [1.807, 2.05) is 37.1 Å². The molecule has 0 aliphatic heterocycles. The lowest BCUT2D eigenvalue weighted by Crippen LogP contribution is -2.19. The molecule has 0 saturated heterocycles. The van der Waals surface area contributed by atoms with Crippen molar-refractivity contribution in [3.8, 4) is 6.07 Å². The van der Waals surface area contributed by atoms with E-state index in [0.29, 0.717) is 5.56 Å². The molecular formula is C16H17N3. The Morgan fingerprint density at radius 2 is 1.89 bits per heavy atom. The zero-order valence-corrected chi connectivity index (χ0v) is 11.5. The largest absolute Gasteiger partial charge is 0.354 e.